The Morgan fingerprint density at radius 3 is 2.96 bits per heavy atom. The summed E-state index contributed by atoms with van der Waals surface area (Å²) in [5.74, 6) is 1.10. The molecular formula is C18H18N6O2S. The molecular weight excluding hydrogens is 364 g/mol. The largest absolute Gasteiger partial charge is 0.478 e. The van der Waals surface area contributed by atoms with Crippen molar-refractivity contribution in [2.24, 2.45) is 0 Å². The molecule has 1 aliphatic carbocycles. The van der Waals surface area contributed by atoms with E-state index < -0.39 is 6.10 Å². The van der Waals surface area contributed by atoms with E-state index in [1.807, 2.05) is 23.6 Å². The molecule has 0 amide bonds. The first-order valence-electron chi connectivity index (χ1n) is 8.88. The summed E-state index contributed by atoms with van der Waals surface area (Å²) in [4.78, 5) is 10.7. The summed E-state index contributed by atoms with van der Waals surface area (Å²) < 4.78 is 8.93. The number of imidazole rings is 1. The lowest BCUT2D eigenvalue weighted by Crippen LogP contribution is -2.06. The predicted molar refractivity (Wildman–Crippen MR) is 99.4 cm³/mol. The highest BCUT2D eigenvalue weighted by Crippen LogP contribution is 2.47. The number of aliphatic hydroxyl groups excluding tert-OH is 1. The molecule has 4 aromatic rings. The number of pyridine rings is 1. The summed E-state index contributed by atoms with van der Waals surface area (Å²) >= 11 is 1.70. The van der Waals surface area contributed by atoms with Crippen molar-refractivity contribution in [3.05, 3.63) is 53.3 Å². The van der Waals surface area contributed by atoms with Crippen LogP contribution >= 0.6 is 11.3 Å². The molecule has 5 rings (SSSR count). The Labute approximate surface area is 159 Å². The fourth-order valence-electron chi connectivity index (χ4n) is 3.14. The quantitative estimate of drug-likeness (QED) is 0.551. The van der Waals surface area contributed by atoms with Gasteiger partial charge >= 0.3 is 0 Å². The first kappa shape index (κ1) is 16.4. The van der Waals surface area contributed by atoms with Gasteiger partial charge in [-0.3, -0.25) is 4.40 Å². The maximum absolute atomic E-state index is 11.0. The van der Waals surface area contributed by atoms with Gasteiger partial charge in [-0.2, -0.15) is 0 Å². The van der Waals surface area contributed by atoms with Gasteiger partial charge in [0.05, 0.1) is 36.6 Å². The van der Waals surface area contributed by atoms with Gasteiger partial charge in [0.15, 0.2) is 0 Å². The number of hydrogen-bond donors (Lipinski definition) is 1. The van der Waals surface area contributed by atoms with E-state index in [0.29, 0.717) is 24.1 Å². The zero-order chi connectivity index (χ0) is 18.4. The summed E-state index contributed by atoms with van der Waals surface area (Å²) in [7, 11) is 0. The lowest BCUT2D eigenvalue weighted by molar-refractivity contribution is 0.208. The smallest absolute Gasteiger partial charge is 0.213 e. The van der Waals surface area contributed by atoms with Crippen LogP contribution in [-0.4, -0.2) is 41.1 Å². The van der Waals surface area contributed by atoms with Gasteiger partial charge in [0, 0.05) is 10.9 Å². The first-order valence-corrected chi connectivity index (χ1v) is 9.70. The van der Waals surface area contributed by atoms with Crippen molar-refractivity contribution >= 4 is 16.2 Å². The van der Waals surface area contributed by atoms with Gasteiger partial charge in [-0.1, -0.05) is 5.21 Å². The van der Waals surface area contributed by atoms with E-state index in [1.54, 1.807) is 40.8 Å². The average Bonchev–Trinajstić information content (AvgIpc) is 3.08. The zero-order valence-corrected chi connectivity index (χ0v) is 15.5. The van der Waals surface area contributed by atoms with Gasteiger partial charge in [0.1, 0.15) is 23.0 Å². The van der Waals surface area contributed by atoms with Gasteiger partial charge in [-0.15, -0.1) is 16.4 Å². The normalized spacial score (nSPS) is 15.3. The van der Waals surface area contributed by atoms with E-state index >= 15 is 0 Å². The topological polar surface area (TPSA) is 90.4 Å². The van der Waals surface area contributed by atoms with E-state index in [4.69, 9.17) is 4.74 Å². The van der Waals surface area contributed by atoms with E-state index in [0.717, 1.165) is 16.2 Å². The monoisotopic (exact) mass is 382 g/mol. The first-order chi connectivity index (χ1) is 13.2. The molecule has 138 valence electrons. The van der Waals surface area contributed by atoms with Crippen LogP contribution < -0.4 is 4.74 Å². The van der Waals surface area contributed by atoms with Crippen molar-refractivity contribution in [3.8, 4) is 11.6 Å². The minimum absolute atomic E-state index is 0.499. The van der Waals surface area contributed by atoms with Crippen molar-refractivity contribution in [3.63, 3.8) is 0 Å². The molecule has 4 aromatic heterocycles. The number of ether oxygens (including phenoxy) is 1. The second-order valence-electron chi connectivity index (χ2n) is 6.51. The van der Waals surface area contributed by atoms with Crippen molar-refractivity contribution < 1.29 is 9.84 Å². The van der Waals surface area contributed by atoms with E-state index in [-0.39, 0.29) is 0 Å². The molecule has 1 aliphatic rings. The van der Waals surface area contributed by atoms with Crippen molar-refractivity contribution in [1.29, 1.82) is 0 Å². The van der Waals surface area contributed by atoms with E-state index in [2.05, 4.69) is 20.3 Å². The van der Waals surface area contributed by atoms with Crippen LogP contribution in [-0.2, 0) is 0 Å². The molecule has 1 N–H and O–H groups in total. The molecule has 27 heavy (non-hydrogen) atoms. The van der Waals surface area contributed by atoms with Crippen LogP contribution in [0.15, 0.2) is 37.1 Å². The Kier molecular flexibility index (Phi) is 3.91. The third kappa shape index (κ3) is 2.88. The number of aromatic nitrogens is 6. The number of nitrogens with zero attached hydrogens (tertiary/aromatic N) is 6. The van der Waals surface area contributed by atoms with Crippen LogP contribution in [0.4, 0.5) is 0 Å². The van der Waals surface area contributed by atoms with Gasteiger partial charge in [-0.25, -0.2) is 14.6 Å². The Balaban J connectivity index is 1.47. The molecule has 1 atom stereocenters. The summed E-state index contributed by atoms with van der Waals surface area (Å²) in [6, 6.07) is 3.65. The van der Waals surface area contributed by atoms with Gasteiger partial charge < -0.3 is 9.84 Å². The molecule has 0 aromatic carbocycles. The van der Waals surface area contributed by atoms with Crippen LogP contribution in [0.25, 0.3) is 10.5 Å². The maximum atomic E-state index is 11.0. The minimum atomic E-state index is -0.854. The van der Waals surface area contributed by atoms with Crippen LogP contribution in [0.3, 0.4) is 0 Å². The van der Waals surface area contributed by atoms with Crippen LogP contribution in [0.5, 0.6) is 5.88 Å². The molecule has 1 fully saturated rings. The number of aliphatic hydroxyl groups is 1. The second-order valence-corrected chi connectivity index (χ2v) is 7.57. The fraction of sp³-hybridized carbons (Fsp3) is 0.333. The Hall–Kier alpha value is -2.78. The highest BCUT2D eigenvalue weighted by Gasteiger charge is 2.33. The highest BCUT2D eigenvalue weighted by atomic mass is 32.1. The fourth-order valence-corrected chi connectivity index (χ4v) is 4.44. The minimum Gasteiger partial charge on any atom is -0.478 e. The molecule has 0 aliphatic heterocycles. The summed E-state index contributed by atoms with van der Waals surface area (Å²) in [6.07, 6.45) is 8.46. The van der Waals surface area contributed by atoms with Gasteiger partial charge in [-0.05, 0) is 31.7 Å². The molecule has 0 radical (unpaired) electrons. The van der Waals surface area contributed by atoms with Crippen molar-refractivity contribution in [1.82, 2.24) is 29.4 Å². The second kappa shape index (κ2) is 6.43. The molecule has 1 saturated carbocycles. The number of thiazole rings is 1. The van der Waals surface area contributed by atoms with E-state index in [9.17, 15) is 5.11 Å². The maximum Gasteiger partial charge on any atom is 0.213 e. The SMILES string of the molecule is CCOc1ccc(-n2cc(C(O)c3c(C4CC4)sc4cncn34)nn2)cn1. The number of rotatable bonds is 6. The summed E-state index contributed by atoms with van der Waals surface area (Å²) in [5.41, 5.74) is 2.11. The summed E-state index contributed by atoms with van der Waals surface area (Å²) in [5, 5.41) is 19.4. The average molecular weight is 382 g/mol. The third-order valence-electron chi connectivity index (χ3n) is 4.61. The molecule has 0 bridgehead atoms. The third-order valence-corrected chi connectivity index (χ3v) is 5.88. The molecule has 0 saturated heterocycles. The number of fused-ring (bicyclic) bond motifs is 1. The van der Waals surface area contributed by atoms with Crippen LogP contribution in [0.2, 0.25) is 0 Å². The Bertz CT molecular complexity index is 1080. The van der Waals surface area contributed by atoms with Gasteiger partial charge in [0.25, 0.3) is 0 Å². The van der Waals surface area contributed by atoms with Crippen LogP contribution in [0.1, 0.15) is 48.1 Å². The van der Waals surface area contributed by atoms with Crippen molar-refractivity contribution in [2.45, 2.75) is 31.8 Å². The van der Waals surface area contributed by atoms with Crippen molar-refractivity contribution in [2.75, 3.05) is 6.61 Å². The molecule has 9 heteroatoms. The highest BCUT2D eigenvalue weighted by molar-refractivity contribution is 7.17. The predicted octanol–water partition coefficient (Wildman–Crippen LogP) is 2.73. The zero-order valence-electron chi connectivity index (χ0n) is 14.7. The Morgan fingerprint density at radius 1 is 1.33 bits per heavy atom. The molecule has 0 spiro atoms. The number of hydrogen-bond acceptors (Lipinski definition) is 7. The molecule has 4 heterocycles. The van der Waals surface area contributed by atoms with Crippen LogP contribution in [0, 0.1) is 0 Å². The molecule has 1 unspecified atom stereocenters. The Morgan fingerprint density at radius 2 is 2.22 bits per heavy atom. The lowest BCUT2D eigenvalue weighted by Gasteiger charge is -2.09. The standard InChI is InChI=1S/C18H18N6O2S/c1-2-26-14-6-5-12(7-20-14)24-9-13(21-22-24)17(25)16-18(11-3-4-11)27-15-8-19-10-23(15)16/h5-11,17,25H,2-4H2,1H3. The summed E-state index contributed by atoms with van der Waals surface area (Å²) in [6.45, 7) is 2.48. The molecule has 8 nitrogen and oxygen atoms in total. The lowest BCUT2D eigenvalue weighted by atomic mass is 10.1. The van der Waals surface area contributed by atoms with Gasteiger partial charge in [0.2, 0.25) is 5.88 Å². The van der Waals surface area contributed by atoms with E-state index in [1.165, 1.54) is 17.7 Å².